The average Bonchev–Trinajstić information content (AvgIpc) is 3.34. The molecule has 162 valence electrons. The van der Waals surface area contributed by atoms with Crippen molar-refractivity contribution in [3.8, 4) is 0 Å². The Labute approximate surface area is 175 Å². The molecular weight excluding hydrogens is 360 g/mol. The number of aryl methyl sites for hydroxylation is 1. The van der Waals surface area contributed by atoms with Gasteiger partial charge < -0.3 is 5.11 Å². The minimum Gasteiger partial charge on any atom is -0.393 e. The van der Waals surface area contributed by atoms with Gasteiger partial charge in [0.05, 0.1) is 6.10 Å². The number of H-pyrrole nitrogens is 1. The second-order valence-corrected chi connectivity index (χ2v) is 11.7. The molecule has 1 aromatic heterocycles. The zero-order valence-electron chi connectivity index (χ0n) is 18.6. The predicted molar refractivity (Wildman–Crippen MR) is 113 cm³/mol. The van der Waals surface area contributed by atoms with Crippen molar-refractivity contribution in [1.29, 1.82) is 0 Å². The molecule has 0 radical (unpaired) electrons. The Morgan fingerprint density at radius 2 is 1.83 bits per heavy atom. The van der Waals surface area contributed by atoms with Crippen molar-refractivity contribution >= 4 is 0 Å². The molecule has 2 N–H and O–H groups in total. The van der Waals surface area contributed by atoms with Gasteiger partial charge in [-0.25, -0.2) is 0 Å². The molecule has 4 aliphatic rings. The first-order valence-corrected chi connectivity index (χ1v) is 12.3. The molecule has 5 heteroatoms. The zero-order valence-corrected chi connectivity index (χ0v) is 18.6. The van der Waals surface area contributed by atoms with E-state index < -0.39 is 0 Å². The molecule has 4 fully saturated rings. The Morgan fingerprint density at radius 3 is 2.62 bits per heavy atom. The highest BCUT2D eigenvalue weighted by molar-refractivity contribution is 5.09. The van der Waals surface area contributed by atoms with Gasteiger partial charge in [0.15, 0.2) is 5.82 Å². The first-order chi connectivity index (χ1) is 13.9. The lowest BCUT2D eigenvalue weighted by molar-refractivity contribution is -0.129. The van der Waals surface area contributed by atoms with Gasteiger partial charge in [0.25, 0.3) is 0 Å². The number of hydrogen-bond acceptors (Lipinski definition) is 4. The monoisotopic (exact) mass is 400 g/mol. The zero-order chi connectivity index (χ0) is 20.2. The van der Waals surface area contributed by atoms with E-state index in [1.54, 1.807) is 0 Å². The van der Waals surface area contributed by atoms with Gasteiger partial charge in [-0.05, 0) is 111 Å². The number of nitrogens with zero attached hydrogens (tertiary/aromatic N) is 3. The van der Waals surface area contributed by atoms with Gasteiger partial charge in [-0.15, -0.1) is 10.2 Å². The molecule has 1 aromatic rings. The van der Waals surface area contributed by atoms with Gasteiger partial charge in [0.2, 0.25) is 0 Å². The number of aliphatic hydroxyl groups is 1. The molecule has 1 heterocycles. The summed E-state index contributed by atoms with van der Waals surface area (Å²) in [6, 6.07) is 0. The number of aromatic amines is 1. The topological polar surface area (TPSA) is 74.7 Å². The standard InChI is InChI=1S/C24H40N4O/c1-15(4-9-22-25-27-28-26-22)19-7-8-20-18-6-5-16-14-17(29)10-12-23(16,2)21(18)11-13-24(19,20)3/h15-21,29H,4-14H2,1-3H3,(H,25,26,27,28)/t15-,16-,17-,18+,19-,20+,21+,23+,24-/m1/s1. The minimum atomic E-state index is -0.0330. The van der Waals surface area contributed by atoms with E-state index in [9.17, 15) is 5.11 Å². The van der Waals surface area contributed by atoms with Crippen LogP contribution in [0.25, 0.3) is 0 Å². The summed E-state index contributed by atoms with van der Waals surface area (Å²) < 4.78 is 0. The van der Waals surface area contributed by atoms with Crippen LogP contribution < -0.4 is 0 Å². The number of aliphatic hydroxyl groups excluding tert-OH is 1. The molecule has 0 bridgehead atoms. The Kier molecular flexibility index (Phi) is 5.04. The van der Waals surface area contributed by atoms with Gasteiger partial charge in [-0.3, -0.25) is 0 Å². The van der Waals surface area contributed by atoms with Crippen LogP contribution in [0.5, 0.6) is 0 Å². The van der Waals surface area contributed by atoms with Crippen molar-refractivity contribution in [1.82, 2.24) is 20.6 Å². The third kappa shape index (κ3) is 3.18. The lowest BCUT2D eigenvalue weighted by Crippen LogP contribution is -2.54. The van der Waals surface area contributed by atoms with Crippen molar-refractivity contribution in [2.75, 3.05) is 0 Å². The molecule has 0 spiro atoms. The van der Waals surface area contributed by atoms with Crippen LogP contribution in [0.1, 0.15) is 90.8 Å². The largest absolute Gasteiger partial charge is 0.393 e. The fraction of sp³-hybridized carbons (Fsp3) is 0.958. The second-order valence-electron chi connectivity index (χ2n) is 11.7. The second kappa shape index (κ2) is 7.32. The number of aromatic nitrogens is 4. The van der Waals surface area contributed by atoms with Gasteiger partial charge in [-0.1, -0.05) is 26.0 Å². The third-order valence-corrected chi connectivity index (χ3v) is 10.6. The highest BCUT2D eigenvalue weighted by Gasteiger charge is 2.60. The van der Waals surface area contributed by atoms with E-state index in [-0.39, 0.29) is 6.10 Å². The van der Waals surface area contributed by atoms with Crippen LogP contribution >= 0.6 is 0 Å². The molecule has 0 amide bonds. The smallest absolute Gasteiger partial charge is 0.174 e. The quantitative estimate of drug-likeness (QED) is 0.762. The third-order valence-electron chi connectivity index (χ3n) is 10.6. The van der Waals surface area contributed by atoms with E-state index >= 15 is 0 Å². The highest BCUT2D eigenvalue weighted by Crippen LogP contribution is 2.68. The normalized spacial score (nSPS) is 47.9. The fourth-order valence-electron chi connectivity index (χ4n) is 9.06. The maximum Gasteiger partial charge on any atom is 0.174 e. The van der Waals surface area contributed by atoms with E-state index in [0.717, 1.165) is 60.6 Å². The minimum absolute atomic E-state index is 0.0330. The fourth-order valence-corrected chi connectivity index (χ4v) is 9.06. The molecule has 0 unspecified atom stereocenters. The number of rotatable bonds is 4. The summed E-state index contributed by atoms with van der Waals surface area (Å²) in [5.41, 5.74) is 1.01. The summed E-state index contributed by atoms with van der Waals surface area (Å²) in [5, 5.41) is 24.9. The molecule has 5 nitrogen and oxygen atoms in total. The van der Waals surface area contributed by atoms with Gasteiger partial charge in [0, 0.05) is 6.42 Å². The van der Waals surface area contributed by atoms with Crippen LogP contribution in [-0.4, -0.2) is 31.8 Å². The summed E-state index contributed by atoms with van der Waals surface area (Å²) in [4.78, 5) is 0. The van der Waals surface area contributed by atoms with Crippen LogP contribution in [-0.2, 0) is 6.42 Å². The van der Waals surface area contributed by atoms with Crippen LogP contribution in [0.15, 0.2) is 0 Å². The van der Waals surface area contributed by atoms with E-state index in [4.69, 9.17) is 0 Å². The molecule has 4 aliphatic carbocycles. The summed E-state index contributed by atoms with van der Waals surface area (Å²) in [6.07, 6.45) is 13.9. The van der Waals surface area contributed by atoms with Crippen molar-refractivity contribution < 1.29 is 5.11 Å². The summed E-state index contributed by atoms with van der Waals surface area (Å²) >= 11 is 0. The number of nitrogens with one attached hydrogen (secondary N) is 1. The number of fused-ring (bicyclic) bond motifs is 5. The summed E-state index contributed by atoms with van der Waals surface area (Å²) in [5.74, 6) is 5.97. The molecule has 0 saturated heterocycles. The highest BCUT2D eigenvalue weighted by atomic mass is 16.3. The summed E-state index contributed by atoms with van der Waals surface area (Å²) in [6.45, 7) is 7.73. The van der Waals surface area contributed by atoms with Crippen molar-refractivity contribution in [2.24, 2.45) is 46.3 Å². The Morgan fingerprint density at radius 1 is 1.03 bits per heavy atom. The Bertz CT molecular complexity index is 708. The molecule has 9 atom stereocenters. The van der Waals surface area contributed by atoms with Crippen molar-refractivity contribution in [2.45, 2.75) is 97.5 Å². The van der Waals surface area contributed by atoms with Gasteiger partial charge in [0.1, 0.15) is 0 Å². The lowest BCUT2D eigenvalue weighted by atomic mass is 9.44. The average molecular weight is 401 g/mol. The predicted octanol–water partition coefficient (Wildman–Crippen LogP) is 4.79. The van der Waals surface area contributed by atoms with Gasteiger partial charge in [-0.2, -0.15) is 5.21 Å². The lowest BCUT2D eigenvalue weighted by Gasteiger charge is -2.61. The number of hydrogen-bond donors (Lipinski definition) is 2. The first-order valence-electron chi connectivity index (χ1n) is 12.3. The summed E-state index contributed by atoms with van der Waals surface area (Å²) in [7, 11) is 0. The van der Waals surface area contributed by atoms with Crippen LogP contribution in [0, 0.1) is 46.3 Å². The maximum atomic E-state index is 10.2. The van der Waals surface area contributed by atoms with E-state index in [2.05, 4.69) is 41.4 Å². The molecule has 5 rings (SSSR count). The molecule has 4 saturated carbocycles. The van der Waals surface area contributed by atoms with E-state index in [0.29, 0.717) is 10.8 Å². The van der Waals surface area contributed by atoms with Crippen molar-refractivity contribution in [3.05, 3.63) is 5.82 Å². The van der Waals surface area contributed by atoms with Crippen LogP contribution in [0.4, 0.5) is 0 Å². The van der Waals surface area contributed by atoms with Crippen LogP contribution in [0.2, 0.25) is 0 Å². The first kappa shape index (κ1) is 20.0. The maximum absolute atomic E-state index is 10.2. The molecule has 29 heavy (non-hydrogen) atoms. The molecule has 0 aliphatic heterocycles. The Hall–Kier alpha value is -0.970. The van der Waals surface area contributed by atoms with E-state index in [1.165, 1.54) is 51.4 Å². The van der Waals surface area contributed by atoms with E-state index in [1.807, 2.05) is 0 Å². The van der Waals surface area contributed by atoms with Gasteiger partial charge >= 0.3 is 0 Å². The van der Waals surface area contributed by atoms with Crippen molar-refractivity contribution in [3.63, 3.8) is 0 Å². The van der Waals surface area contributed by atoms with Crippen LogP contribution in [0.3, 0.4) is 0 Å². The number of tetrazole rings is 1. The Balaban J connectivity index is 1.30. The SMILES string of the molecule is C[C@H](CCc1nn[nH]n1)[C@H]1CC[C@H]2[C@@H]3CC[C@@H]4C[C@H](O)CC[C@]4(C)[C@H]3CC[C@]12C. The molecular formula is C24H40N4O. The molecule has 0 aromatic carbocycles.